The molecule has 0 saturated carbocycles. The van der Waals surface area contributed by atoms with Crippen molar-refractivity contribution in [2.45, 2.75) is 5.16 Å². The van der Waals surface area contributed by atoms with Crippen LogP contribution in [0.4, 0.5) is 0 Å². The van der Waals surface area contributed by atoms with Gasteiger partial charge in [0.2, 0.25) is 0 Å². The molecule has 0 fully saturated rings. The largest absolute Gasteiger partial charge is 0.496 e. The van der Waals surface area contributed by atoms with Crippen molar-refractivity contribution in [1.29, 1.82) is 0 Å². The number of amides is 1. The monoisotopic (exact) mass is 493 g/mol. The lowest BCUT2D eigenvalue weighted by molar-refractivity contribution is -0.118. The zero-order valence-electron chi connectivity index (χ0n) is 15.6. The van der Waals surface area contributed by atoms with Crippen LogP contribution in [0.15, 0.2) is 57.2 Å². The molecule has 1 aromatic heterocycles. The van der Waals surface area contributed by atoms with Crippen LogP contribution in [-0.2, 0) is 11.8 Å². The smallest absolute Gasteiger partial charge is 0.250 e. The fraction of sp³-hybridized carbons (Fsp3) is 0.158. The number of ether oxygens (including phenoxy) is 1. The van der Waals surface area contributed by atoms with Crippen LogP contribution in [0.25, 0.3) is 11.4 Å². The Labute approximate surface area is 185 Å². The third kappa shape index (κ3) is 5.59. The van der Waals surface area contributed by atoms with Crippen molar-refractivity contribution in [1.82, 2.24) is 20.2 Å². The molecule has 29 heavy (non-hydrogen) atoms. The molecule has 3 rings (SSSR count). The normalized spacial score (nSPS) is 11.0. The fourth-order valence-electron chi connectivity index (χ4n) is 2.43. The number of nitrogens with one attached hydrogen (secondary N) is 1. The lowest BCUT2D eigenvalue weighted by Crippen LogP contribution is -2.20. The van der Waals surface area contributed by atoms with Gasteiger partial charge in [-0.05, 0) is 42.5 Å². The van der Waals surface area contributed by atoms with E-state index in [4.69, 9.17) is 16.3 Å². The van der Waals surface area contributed by atoms with E-state index in [2.05, 4.69) is 36.7 Å². The topological polar surface area (TPSA) is 81.4 Å². The van der Waals surface area contributed by atoms with Gasteiger partial charge in [0, 0.05) is 27.7 Å². The Hall–Kier alpha value is -2.36. The maximum Gasteiger partial charge on any atom is 0.250 e. The summed E-state index contributed by atoms with van der Waals surface area (Å²) in [5.41, 5.74) is 4.15. The van der Waals surface area contributed by atoms with Gasteiger partial charge in [0.05, 0.1) is 19.1 Å². The van der Waals surface area contributed by atoms with Crippen molar-refractivity contribution in [3.63, 3.8) is 0 Å². The van der Waals surface area contributed by atoms with Gasteiger partial charge in [-0.15, -0.1) is 10.2 Å². The number of halogens is 2. The Morgan fingerprint density at radius 1 is 1.31 bits per heavy atom. The van der Waals surface area contributed by atoms with Gasteiger partial charge in [0.25, 0.3) is 5.91 Å². The van der Waals surface area contributed by atoms with Gasteiger partial charge in [0.15, 0.2) is 11.0 Å². The van der Waals surface area contributed by atoms with Crippen LogP contribution < -0.4 is 10.2 Å². The molecular weight excluding hydrogens is 478 g/mol. The minimum Gasteiger partial charge on any atom is -0.496 e. The predicted molar refractivity (Wildman–Crippen MR) is 119 cm³/mol. The number of thioether (sulfide) groups is 1. The highest BCUT2D eigenvalue weighted by Crippen LogP contribution is 2.24. The van der Waals surface area contributed by atoms with Crippen molar-refractivity contribution < 1.29 is 9.53 Å². The summed E-state index contributed by atoms with van der Waals surface area (Å²) in [6.45, 7) is 0. The van der Waals surface area contributed by atoms with Crippen molar-refractivity contribution >= 4 is 51.4 Å². The molecule has 1 heterocycles. The molecule has 3 aromatic rings. The minimum absolute atomic E-state index is 0.152. The van der Waals surface area contributed by atoms with E-state index >= 15 is 0 Å². The number of hydrogen-bond acceptors (Lipinski definition) is 6. The van der Waals surface area contributed by atoms with Crippen molar-refractivity contribution in [3.05, 3.63) is 57.5 Å². The van der Waals surface area contributed by atoms with Crippen molar-refractivity contribution in [2.24, 2.45) is 12.1 Å². The molecule has 0 aliphatic carbocycles. The third-order valence-corrected chi connectivity index (χ3v) is 5.62. The lowest BCUT2D eigenvalue weighted by atomic mass is 10.2. The molecule has 0 spiro atoms. The number of aromatic nitrogens is 3. The average molecular weight is 495 g/mol. The summed E-state index contributed by atoms with van der Waals surface area (Å²) in [4.78, 5) is 12.1. The zero-order valence-corrected chi connectivity index (χ0v) is 18.8. The first-order valence-electron chi connectivity index (χ1n) is 8.41. The fourth-order valence-corrected chi connectivity index (χ4v) is 3.64. The summed E-state index contributed by atoms with van der Waals surface area (Å²) in [5.74, 6) is 1.26. The number of nitrogens with zero attached hydrogens (tertiary/aromatic N) is 4. The summed E-state index contributed by atoms with van der Waals surface area (Å²) in [5, 5.41) is 13.6. The second-order valence-electron chi connectivity index (χ2n) is 5.84. The molecule has 7 nitrogen and oxygen atoms in total. The number of rotatable bonds is 7. The Morgan fingerprint density at radius 3 is 2.79 bits per heavy atom. The van der Waals surface area contributed by atoms with Crippen LogP contribution in [0.5, 0.6) is 5.75 Å². The molecule has 0 aliphatic rings. The molecule has 10 heteroatoms. The van der Waals surface area contributed by atoms with E-state index in [1.54, 1.807) is 19.2 Å². The second-order valence-corrected chi connectivity index (χ2v) is 8.13. The first-order chi connectivity index (χ1) is 14.0. The SMILES string of the molecule is COc1ccc(Br)cc1/C=N\NC(=O)CSc1nnc(-c2ccc(Cl)cc2)n1C. The first-order valence-corrected chi connectivity index (χ1v) is 10.6. The zero-order chi connectivity index (χ0) is 20.8. The van der Waals surface area contributed by atoms with Gasteiger partial charge in [-0.25, -0.2) is 5.43 Å². The van der Waals surface area contributed by atoms with Gasteiger partial charge in [0.1, 0.15) is 5.75 Å². The lowest BCUT2D eigenvalue weighted by Gasteiger charge is -2.05. The van der Waals surface area contributed by atoms with Gasteiger partial charge in [-0.2, -0.15) is 5.10 Å². The maximum absolute atomic E-state index is 12.1. The highest BCUT2D eigenvalue weighted by molar-refractivity contribution is 9.10. The molecule has 0 unspecified atom stereocenters. The molecule has 150 valence electrons. The van der Waals surface area contributed by atoms with Crippen LogP contribution in [-0.4, -0.2) is 39.7 Å². The van der Waals surface area contributed by atoms with Crippen LogP contribution >= 0.6 is 39.3 Å². The highest BCUT2D eigenvalue weighted by Gasteiger charge is 2.12. The molecule has 0 saturated heterocycles. The Kier molecular flexibility index (Phi) is 7.29. The van der Waals surface area contributed by atoms with Crippen LogP contribution in [0, 0.1) is 0 Å². The van der Waals surface area contributed by atoms with E-state index in [1.807, 2.05) is 41.9 Å². The van der Waals surface area contributed by atoms with Crippen LogP contribution in [0.1, 0.15) is 5.56 Å². The van der Waals surface area contributed by atoms with Gasteiger partial charge in [-0.3, -0.25) is 4.79 Å². The molecule has 0 atom stereocenters. The number of carbonyl (C=O) groups is 1. The summed E-state index contributed by atoms with van der Waals surface area (Å²) in [6, 6.07) is 12.9. The van der Waals surface area contributed by atoms with Crippen molar-refractivity contribution in [2.75, 3.05) is 12.9 Å². The van der Waals surface area contributed by atoms with Gasteiger partial charge < -0.3 is 9.30 Å². The predicted octanol–water partition coefficient (Wildman–Crippen LogP) is 4.15. The highest BCUT2D eigenvalue weighted by atomic mass is 79.9. The van der Waals surface area contributed by atoms with E-state index in [0.717, 1.165) is 15.6 Å². The van der Waals surface area contributed by atoms with Gasteiger partial charge in [-0.1, -0.05) is 39.3 Å². The maximum atomic E-state index is 12.1. The van der Waals surface area contributed by atoms with E-state index in [1.165, 1.54) is 18.0 Å². The number of hydrogen-bond donors (Lipinski definition) is 1. The third-order valence-electron chi connectivity index (χ3n) is 3.85. The molecule has 0 radical (unpaired) electrons. The summed E-state index contributed by atoms with van der Waals surface area (Å²) in [7, 11) is 3.43. The minimum atomic E-state index is -0.253. The molecular formula is C19H17BrClN5O2S. The standard InChI is InChI=1S/C19H17BrClN5O2S/c1-26-18(12-3-6-15(21)7-4-12)24-25-19(26)29-11-17(27)23-22-10-13-9-14(20)5-8-16(13)28-2/h3-10H,11H2,1-2H3,(H,23,27)/b22-10-. The van der Waals surface area contributed by atoms with E-state index < -0.39 is 0 Å². The first kappa shape index (κ1) is 21.4. The second kappa shape index (κ2) is 9.91. The molecule has 0 bridgehead atoms. The summed E-state index contributed by atoms with van der Waals surface area (Å²) >= 11 is 10.6. The number of carbonyl (C=O) groups excluding carboxylic acids is 1. The molecule has 1 N–H and O–H groups in total. The number of methoxy groups -OCH3 is 1. The average Bonchev–Trinajstić information content (AvgIpc) is 3.07. The molecule has 2 aromatic carbocycles. The van der Waals surface area contributed by atoms with E-state index in [-0.39, 0.29) is 11.7 Å². The van der Waals surface area contributed by atoms with Gasteiger partial charge >= 0.3 is 0 Å². The Balaban J connectivity index is 1.57. The number of hydrazone groups is 1. The van der Waals surface area contributed by atoms with Crippen LogP contribution in [0.3, 0.4) is 0 Å². The van der Waals surface area contributed by atoms with E-state index in [9.17, 15) is 4.79 Å². The quantitative estimate of drug-likeness (QED) is 0.303. The number of benzene rings is 2. The molecule has 1 amide bonds. The van der Waals surface area contributed by atoms with Crippen molar-refractivity contribution in [3.8, 4) is 17.1 Å². The van der Waals surface area contributed by atoms with Crippen LogP contribution in [0.2, 0.25) is 5.02 Å². The van der Waals surface area contributed by atoms with E-state index in [0.29, 0.717) is 21.8 Å². The Morgan fingerprint density at radius 2 is 2.07 bits per heavy atom. The molecule has 0 aliphatic heterocycles. The summed E-state index contributed by atoms with van der Waals surface area (Å²) in [6.07, 6.45) is 1.53. The Bertz CT molecular complexity index is 1040. The summed E-state index contributed by atoms with van der Waals surface area (Å²) < 4.78 is 7.99.